The van der Waals surface area contributed by atoms with Gasteiger partial charge in [0.05, 0.1) is 11.1 Å². The number of rotatable bonds is 6. The van der Waals surface area contributed by atoms with Gasteiger partial charge in [-0.3, -0.25) is 0 Å². The number of allylic oxidation sites excluding steroid dienone is 1. The summed E-state index contributed by atoms with van der Waals surface area (Å²) in [5.41, 5.74) is 3.44. The molecule has 0 aromatic heterocycles. The molecule has 29 heavy (non-hydrogen) atoms. The molecule has 144 valence electrons. The van der Waals surface area contributed by atoms with E-state index in [0.717, 1.165) is 35.6 Å². The number of halogens is 1. The van der Waals surface area contributed by atoms with Gasteiger partial charge in [0.25, 0.3) is 0 Å². The first-order valence-electron chi connectivity index (χ1n) is 9.39. The molecule has 0 bridgehead atoms. The van der Waals surface area contributed by atoms with Gasteiger partial charge in [0.2, 0.25) is 0 Å². The summed E-state index contributed by atoms with van der Waals surface area (Å²) in [4.78, 5) is 12.3. The van der Waals surface area contributed by atoms with Crippen LogP contribution in [-0.2, 0) is 0 Å². The molecule has 0 N–H and O–H groups in total. The van der Waals surface area contributed by atoms with Crippen molar-refractivity contribution < 1.29 is 13.9 Å². The second kappa shape index (κ2) is 9.48. The number of ether oxygens (including phenoxy) is 1. The summed E-state index contributed by atoms with van der Waals surface area (Å²) < 4.78 is 18.8. The van der Waals surface area contributed by atoms with Crippen molar-refractivity contribution in [3.63, 3.8) is 0 Å². The minimum Gasteiger partial charge on any atom is -0.423 e. The van der Waals surface area contributed by atoms with Gasteiger partial charge in [-0.2, -0.15) is 5.26 Å². The highest BCUT2D eigenvalue weighted by Gasteiger charge is 2.11. The quantitative estimate of drug-likeness (QED) is 0.364. The topological polar surface area (TPSA) is 50.1 Å². The van der Waals surface area contributed by atoms with E-state index in [1.807, 2.05) is 24.3 Å². The second-order valence-electron chi connectivity index (χ2n) is 6.53. The monoisotopic (exact) mass is 385 g/mol. The highest BCUT2D eigenvalue weighted by molar-refractivity contribution is 5.91. The number of hydrogen-bond acceptors (Lipinski definition) is 3. The molecule has 0 aliphatic rings. The van der Waals surface area contributed by atoms with Gasteiger partial charge in [-0.1, -0.05) is 61.9 Å². The highest BCUT2D eigenvalue weighted by Crippen LogP contribution is 2.22. The molecule has 0 fully saturated rings. The van der Waals surface area contributed by atoms with E-state index in [2.05, 4.69) is 31.2 Å². The molecule has 0 spiro atoms. The molecular weight excluding hydrogens is 365 g/mol. The molecule has 0 aliphatic carbocycles. The Hall–Kier alpha value is -3.71. The van der Waals surface area contributed by atoms with Crippen LogP contribution < -0.4 is 4.74 Å². The first-order valence-corrected chi connectivity index (χ1v) is 9.39. The van der Waals surface area contributed by atoms with Crippen LogP contribution in [0.4, 0.5) is 4.39 Å². The van der Waals surface area contributed by atoms with E-state index in [1.165, 1.54) is 12.1 Å². The van der Waals surface area contributed by atoms with Gasteiger partial charge < -0.3 is 4.74 Å². The molecule has 3 nitrogen and oxygen atoms in total. The molecule has 0 aliphatic heterocycles. The third kappa shape index (κ3) is 5.18. The third-order valence-corrected chi connectivity index (χ3v) is 4.40. The molecule has 3 rings (SSSR count). The van der Waals surface area contributed by atoms with Gasteiger partial charge in [0, 0.05) is 6.07 Å². The summed E-state index contributed by atoms with van der Waals surface area (Å²) >= 11 is 0. The van der Waals surface area contributed by atoms with Gasteiger partial charge in [0.15, 0.2) is 0 Å². The normalized spacial score (nSPS) is 10.7. The molecule has 3 aromatic rings. The maximum Gasteiger partial charge on any atom is 0.343 e. The number of nitriles is 1. The molecule has 0 amide bonds. The maximum atomic E-state index is 13.6. The zero-order valence-corrected chi connectivity index (χ0v) is 16.1. The standard InChI is InChI=1S/C25H20FNO2/c1-2-3-4-5-18-6-8-19(9-7-18)20-10-12-21(13-11-20)25(28)29-23-15-14-22(17-27)24(26)16-23/h4-16H,2-3H2,1H3. The van der Waals surface area contributed by atoms with Crippen molar-refractivity contribution in [3.8, 4) is 22.9 Å². The van der Waals surface area contributed by atoms with Crippen LogP contribution in [0.15, 0.2) is 72.8 Å². The molecule has 0 heterocycles. The van der Waals surface area contributed by atoms with E-state index in [0.29, 0.717) is 5.56 Å². The number of nitrogens with zero attached hydrogens (tertiary/aromatic N) is 1. The fraction of sp³-hybridized carbons (Fsp3) is 0.120. The van der Waals surface area contributed by atoms with Crippen LogP contribution in [0, 0.1) is 17.1 Å². The number of benzene rings is 3. The van der Waals surface area contributed by atoms with Crippen molar-refractivity contribution in [1.29, 1.82) is 5.26 Å². The first-order chi connectivity index (χ1) is 14.1. The molecule has 3 aromatic carbocycles. The van der Waals surface area contributed by atoms with E-state index in [4.69, 9.17) is 10.00 Å². The van der Waals surface area contributed by atoms with Crippen molar-refractivity contribution in [1.82, 2.24) is 0 Å². The van der Waals surface area contributed by atoms with Crippen LogP contribution in [-0.4, -0.2) is 5.97 Å². The van der Waals surface area contributed by atoms with Crippen LogP contribution in [0.1, 0.15) is 41.3 Å². The Morgan fingerprint density at radius 1 is 1.03 bits per heavy atom. The van der Waals surface area contributed by atoms with Crippen molar-refractivity contribution in [2.75, 3.05) is 0 Å². The molecule has 0 unspecified atom stereocenters. The summed E-state index contributed by atoms with van der Waals surface area (Å²) in [6.45, 7) is 2.15. The average Bonchev–Trinajstić information content (AvgIpc) is 2.75. The van der Waals surface area contributed by atoms with Gasteiger partial charge >= 0.3 is 5.97 Å². The molecular formula is C25H20FNO2. The van der Waals surface area contributed by atoms with Gasteiger partial charge in [-0.15, -0.1) is 0 Å². The molecule has 4 heteroatoms. The number of carbonyl (C=O) groups is 1. The Morgan fingerprint density at radius 2 is 1.69 bits per heavy atom. The fourth-order valence-corrected chi connectivity index (χ4v) is 2.79. The predicted molar refractivity (Wildman–Crippen MR) is 112 cm³/mol. The highest BCUT2D eigenvalue weighted by atomic mass is 19.1. The van der Waals surface area contributed by atoms with E-state index in [-0.39, 0.29) is 11.3 Å². The van der Waals surface area contributed by atoms with Crippen LogP contribution in [0.3, 0.4) is 0 Å². The fourth-order valence-electron chi connectivity index (χ4n) is 2.79. The van der Waals surface area contributed by atoms with Gasteiger partial charge in [-0.25, -0.2) is 9.18 Å². The number of unbranched alkanes of at least 4 members (excludes halogenated alkanes) is 1. The average molecular weight is 385 g/mol. The number of carbonyl (C=O) groups excluding carboxylic acids is 1. The summed E-state index contributed by atoms with van der Waals surface area (Å²) in [6, 6.07) is 20.7. The number of hydrogen-bond donors (Lipinski definition) is 0. The summed E-state index contributed by atoms with van der Waals surface area (Å²) in [5.74, 6) is -1.25. The largest absolute Gasteiger partial charge is 0.423 e. The summed E-state index contributed by atoms with van der Waals surface area (Å²) in [6.07, 6.45) is 6.46. The van der Waals surface area contributed by atoms with Crippen LogP contribution >= 0.6 is 0 Å². The minimum atomic E-state index is -0.721. The zero-order valence-electron chi connectivity index (χ0n) is 16.1. The van der Waals surface area contributed by atoms with Crippen molar-refractivity contribution in [3.05, 3.63) is 95.3 Å². The smallest absolute Gasteiger partial charge is 0.343 e. The van der Waals surface area contributed by atoms with Crippen LogP contribution in [0.2, 0.25) is 0 Å². The Bertz CT molecular complexity index is 1060. The van der Waals surface area contributed by atoms with E-state index < -0.39 is 11.8 Å². The number of esters is 1. The van der Waals surface area contributed by atoms with E-state index >= 15 is 0 Å². The minimum absolute atomic E-state index is 0.0577. The zero-order chi connectivity index (χ0) is 20.6. The van der Waals surface area contributed by atoms with Gasteiger partial charge in [-0.05, 0) is 47.4 Å². The van der Waals surface area contributed by atoms with Crippen molar-refractivity contribution in [2.45, 2.75) is 19.8 Å². The maximum absolute atomic E-state index is 13.6. The molecule has 0 atom stereocenters. The van der Waals surface area contributed by atoms with Crippen molar-refractivity contribution >= 4 is 12.0 Å². The SMILES string of the molecule is CCCC=Cc1ccc(-c2ccc(C(=O)Oc3ccc(C#N)c(F)c3)cc2)cc1. The molecule has 0 saturated heterocycles. The summed E-state index contributed by atoms with van der Waals surface area (Å²) in [5, 5.41) is 8.75. The molecule has 0 saturated carbocycles. The first kappa shape index (κ1) is 20.0. The van der Waals surface area contributed by atoms with E-state index in [1.54, 1.807) is 18.2 Å². The Kier molecular flexibility index (Phi) is 6.55. The lowest BCUT2D eigenvalue weighted by Crippen LogP contribution is -2.08. The molecule has 0 radical (unpaired) electrons. The third-order valence-electron chi connectivity index (χ3n) is 4.40. The van der Waals surface area contributed by atoms with Crippen LogP contribution in [0.25, 0.3) is 17.2 Å². The lowest BCUT2D eigenvalue weighted by Gasteiger charge is -2.07. The Labute approximate surface area is 169 Å². The Balaban J connectivity index is 1.68. The van der Waals surface area contributed by atoms with Crippen LogP contribution in [0.5, 0.6) is 5.75 Å². The van der Waals surface area contributed by atoms with Gasteiger partial charge in [0.1, 0.15) is 17.6 Å². The summed E-state index contributed by atoms with van der Waals surface area (Å²) in [7, 11) is 0. The predicted octanol–water partition coefficient (Wildman–Crippen LogP) is 6.40. The van der Waals surface area contributed by atoms with E-state index in [9.17, 15) is 9.18 Å². The lowest BCUT2D eigenvalue weighted by atomic mass is 10.0. The van der Waals surface area contributed by atoms with Crippen molar-refractivity contribution in [2.24, 2.45) is 0 Å². The Morgan fingerprint density at radius 3 is 2.28 bits per heavy atom. The second-order valence-corrected chi connectivity index (χ2v) is 6.53. The lowest BCUT2D eigenvalue weighted by molar-refractivity contribution is 0.0734.